The third-order valence-electron chi connectivity index (χ3n) is 3.62. The van der Waals surface area contributed by atoms with Gasteiger partial charge in [-0.1, -0.05) is 12.1 Å². The van der Waals surface area contributed by atoms with Gasteiger partial charge in [0.2, 0.25) is 5.75 Å². The van der Waals surface area contributed by atoms with Crippen molar-refractivity contribution in [3.8, 4) is 17.2 Å². The van der Waals surface area contributed by atoms with E-state index in [4.69, 9.17) is 14.2 Å². The van der Waals surface area contributed by atoms with E-state index in [2.05, 4.69) is 10.1 Å². The summed E-state index contributed by atoms with van der Waals surface area (Å²) in [6.45, 7) is 1.06. The summed E-state index contributed by atoms with van der Waals surface area (Å²) >= 11 is 0. The minimum absolute atomic E-state index is 0.526. The van der Waals surface area contributed by atoms with Crippen molar-refractivity contribution in [1.29, 1.82) is 0 Å². The maximum atomic E-state index is 5.63. The van der Waals surface area contributed by atoms with Gasteiger partial charge < -0.3 is 14.2 Å². The van der Waals surface area contributed by atoms with Gasteiger partial charge in [0.25, 0.3) is 0 Å². The number of imidazole rings is 1. The third kappa shape index (κ3) is 2.48. The van der Waals surface area contributed by atoms with E-state index in [0.717, 1.165) is 16.6 Å². The van der Waals surface area contributed by atoms with E-state index in [1.54, 1.807) is 24.3 Å². The SMILES string of the molecule is COc1cc(/C=N\n2cnc3ccccc32)cc2c1OCCO2. The predicted octanol–water partition coefficient (Wildman–Crippen LogP) is 2.70. The van der Waals surface area contributed by atoms with E-state index < -0.39 is 0 Å². The molecule has 4 rings (SSSR count). The van der Waals surface area contributed by atoms with Crippen LogP contribution >= 0.6 is 0 Å². The summed E-state index contributed by atoms with van der Waals surface area (Å²) in [5.41, 5.74) is 2.72. The summed E-state index contributed by atoms with van der Waals surface area (Å²) in [4.78, 5) is 4.31. The van der Waals surface area contributed by atoms with Crippen LogP contribution in [-0.2, 0) is 0 Å². The van der Waals surface area contributed by atoms with E-state index in [0.29, 0.717) is 30.5 Å². The molecule has 0 N–H and O–H groups in total. The molecule has 2 heterocycles. The fourth-order valence-electron chi connectivity index (χ4n) is 2.53. The van der Waals surface area contributed by atoms with Crippen LogP contribution in [0.5, 0.6) is 17.2 Å². The van der Waals surface area contributed by atoms with Crippen LogP contribution in [0.4, 0.5) is 0 Å². The number of hydrogen-bond donors (Lipinski definition) is 0. The molecule has 0 spiro atoms. The molecule has 0 saturated carbocycles. The van der Waals surface area contributed by atoms with Gasteiger partial charge in [-0.05, 0) is 24.3 Å². The molecular weight excluding hydrogens is 294 g/mol. The zero-order valence-electron chi connectivity index (χ0n) is 12.6. The Bertz CT molecular complexity index is 869. The maximum absolute atomic E-state index is 5.63. The monoisotopic (exact) mass is 309 g/mol. The Morgan fingerprint density at radius 1 is 1.22 bits per heavy atom. The number of rotatable bonds is 3. The lowest BCUT2D eigenvalue weighted by atomic mass is 10.2. The van der Waals surface area contributed by atoms with Crippen LogP contribution in [0.25, 0.3) is 11.0 Å². The number of ether oxygens (including phenoxy) is 3. The zero-order chi connectivity index (χ0) is 15.6. The van der Waals surface area contributed by atoms with Crippen LogP contribution in [0.1, 0.15) is 5.56 Å². The minimum Gasteiger partial charge on any atom is -0.493 e. The van der Waals surface area contributed by atoms with Crippen molar-refractivity contribution < 1.29 is 14.2 Å². The van der Waals surface area contributed by atoms with Crippen LogP contribution in [0.3, 0.4) is 0 Å². The first-order valence-electron chi connectivity index (χ1n) is 7.29. The Labute approximate surface area is 132 Å². The number of fused-ring (bicyclic) bond motifs is 2. The van der Waals surface area contributed by atoms with E-state index in [9.17, 15) is 0 Å². The van der Waals surface area contributed by atoms with Crippen molar-refractivity contribution in [3.05, 3.63) is 48.3 Å². The Morgan fingerprint density at radius 3 is 3.00 bits per heavy atom. The molecule has 0 aliphatic carbocycles. The Hall–Kier alpha value is -3.02. The van der Waals surface area contributed by atoms with Gasteiger partial charge in [0.05, 0.1) is 24.4 Å². The van der Waals surface area contributed by atoms with Gasteiger partial charge in [0.1, 0.15) is 19.5 Å². The second-order valence-corrected chi connectivity index (χ2v) is 5.07. The van der Waals surface area contributed by atoms with Gasteiger partial charge >= 0.3 is 0 Å². The molecule has 1 aliphatic rings. The molecule has 1 aliphatic heterocycles. The smallest absolute Gasteiger partial charge is 0.203 e. The molecule has 3 aromatic rings. The molecule has 2 aromatic carbocycles. The van der Waals surface area contributed by atoms with Crippen molar-refractivity contribution in [3.63, 3.8) is 0 Å². The fraction of sp³-hybridized carbons (Fsp3) is 0.176. The summed E-state index contributed by atoms with van der Waals surface area (Å²) in [7, 11) is 1.61. The molecule has 0 unspecified atom stereocenters. The lowest BCUT2D eigenvalue weighted by Gasteiger charge is -2.20. The molecule has 23 heavy (non-hydrogen) atoms. The van der Waals surface area contributed by atoms with Gasteiger partial charge in [-0.15, -0.1) is 0 Å². The third-order valence-corrected chi connectivity index (χ3v) is 3.62. The molecule has 0 bridgehead atoms. The van der Waals surface area contributed by atoms with E-state index in [1.807, 2.05) is 36.4 Å². The number of para-hydroxylation sites is 2. The first kappa shape index (κ1) is 13.6. The molecule has 1 aromatic heterocycles. The summed E-state index contributed by atoms with van der Waals surface area (Å²) < 4.78 is 18.3. The highest BCUT2D eigenvalue weighted by Crippen LogP contribution is 2.40. The van der Waals surface area contributed by atoms with Gasteiger partial charge in [-0.2, -0.15) is 5.10 Å². The molecule has 0 radical (unpaired) electrons. The number of nitrogens with zero attached hydrogens (tertiary/aromatic N) is 3. The van der Waals surface area contributed by atoms with Crippen molar-refractivity contribution >= 4 is 17.2 Å². The van der Waals surface area contributed by atoms with Crippen molar-refractivity contribution in [1.82, 2.24) is 9.66 Å². The van der Waals surface area contributed by atoms with E-state index in [-0.39, 0.29) is 0 Å². The lowest BCUT2D eigenvalue weighted by molar-refractivity contribution is 0.165. The Balaban J connectivity index is 1.71. The topological polar surface area (TPSA) is 57.9 Å². The molecule has 0 atom stereocenters. The first-order valence-corrected chi connectivity index (χ1v) is 7.29. The van der Waals surface area contributed by atoms with Crippen LogP contribution < -0.4 is 14.2 Å². The van der Waals surface area contributed by atoms with Crippen LogP contribution in [0.2, 0.25) is 0 Å². The quantitative estimate of drug-likeness (QED) is 0.698. The average molecular weight is 309 g/mol. The van der Waals surface area contributed by atoms with Gasteiger partial charge in [0.15, 0.2) is 11.5 Å². The molecule has 6 nitrogen and oxygen atoms in total. The number of benzene rings is 2. The largest absolute Gasteiger partial charge is 0.493 e. The summed E-state index contributed by atoms with van der Waals surface area (Å²) in [5, 5.41) is 4.47. The number of aromatic nitrogens is 2. The highest BCUT2D eigenvalue weighted by atomic mass is 16.6. The highest BCUT2D eigenvalue weighted by molar-refractivity contribution is 5.83. The zero-order valence-corrected chi connectivity index (χ0v) is 12.6. The molecule has 0 fully saturated rings. The van der Waals surface area contributed by atoms with E-state index in [1.165, 1.54) is 0 Å². The average Bonchev–Trinajstić information content (AvgIpc) is 3.02. The Kier molecular flexibility index (Phi) is 3.34. The van der Waals surface area contributed by atoms with Crippen molar-refractivity contribution in [2.45, 2.75) is 0 Å². The summed E-state index contributed by atoms with van der Waals surface area (Å²) in [6, 6.07) is 11.6. The Morgan fingerprint density at radius 2 is 2.09 bits per heavy atom. The maximum Gasteiger partial charge on any atom is 0.203 e. The van der Waals surface area contributed by atoms with Gasteiger partial charge in [-0.25, -0.2) is 9.66 Å². The van der Waals surface area contributed by atoms with Gasteiger partial charge in [-0.3, -0.25) is 0 Å². The van der Waals surface area contributed by atoms with Gasteiger partial charge in [0, 0.05) is 5.56 Å². The molecule has 0 amide bonds. The van der Waals surface area contributed by atoms with E-state index >= 15 is 0 Å². The highest BCUT2D eigenvalue weighted by Gasteiger charge is 2.17. The predicted molar refractivity (Wildman–Crippen MR) is 86.7 cm³/mol. The van der Waals surface area contributed by atoms with Crippen molar-refractivity contribution in [2.24, 2.45) is 5.10 Å². The molecule has 116 valence electrons. The summed E-state index contributed by atoms with van der Waals surface area (Å²) in [6.07, 6.45) is 3.44. The molecular formula is C17H15N3O3. The molecule has 0 saturated heterocycles. The lowest BCUT2D eigenvalue weighted by Crippen LogP contribution is -2.16. The van der Waals surface area contributed by atoms with Crippen molar-refractivity contribution in [2.75, 3.05) is 20.3 Å². The summed E-state index contributed by atoms with van der Waals surface area (Å²) in [5.74, 6) is 1.95. The van der Waals surface area contributed by atoms with Crippen LogP contribution in [0.15, 0.2) is 47.8 Å². The normalized spacial score (nSPS) is 13.6. The fourth-order valence-corrected chi connectivity index (χ4v) is 2.53. The minimum atomic E-state index is 0.526. The molecule has 6 heteroatoms. The first-order chi connectivity index (χ1) is 11.3. The number of hydrogen-bond acceptors (Lipinski definition) is 5. The number of methoxy groups -OCH3 is 1. The second kappa shape index (κ2) is 5.64. The van der Waals surface area contributed by atoms with Crippen LogP contribution in [0, 0.1) is 0 Å². The second-order valence-electron chi connectivity index (χ2n) is 5.07. The standard InChI is InChI=1S/C17H15N3O3/c1-21-15-8-12(9-16-17(15)23-7-6-22-16)10-19-20-11-18-13-4-2-3-5-14(13)20/h2-5,8-11H,6-7H2,1H3/b19-10-. The van der Waals surface area contributed by atoms with Crippen LogP contribution in [-0.4, -0.2) is 36.2 Å².